The van der Waals surface area contributed by atoms with Crippen molar-refractivity contribution in [2.45, 2.75) is 4.75 Å². The lowest BCUT2D eigenvalue weighted by Crippen LogP contribution is -2.30. The third kappa shape index (κ3) is 4.92. The van der Waals surface area contributed by atoms with Gasteiger partial charge in [-0.05, 0) is 24.3 Å². The monoisotopic (exact) mass is 374 g/mol. The van der Waals surface area contributed by atoms with Gasteiger partial charge in [0.25, 0.3) is 0 Å². The van der Waals surface area contributed by atoms with Crippen LogP contribution in [-0.4, -0.2) is 54.3 Å². The van der Waals surface area contributed by atoms with Gasteiger partial charge in [0.2, 0.25) is 0 Å². The summed E-state index contributed by atoms with van der Waals surface area (Å²) in [5, 5.41) is 0. The first-order chi connectivity index (χ1) is 11.5. The van der Waals surface area contributed by atoms with Crippen molar-refractivity contribution in [1.82, 2.24) is 0 Å². The second-order valence-electron chi connectivity index (χ2n) is 8.16. The van der Waals surface area contributed by atoms with Gasteiger partial charge in [-0.25, -0.2) is 0 Å². The molecule has 0 aliphatic rings. The normalized spacial score (nSPS) is 12.2. The first-order valence-corrected chi connectivity index (χ1v) is 12.3. The minimum Gasteiger partial charge on any atom is -0.773 e. The molecular weight excluding hydrogens is 343 g/mol. The highest BCUT2D eigenvalue weighted by Gasteiger charge is 2.31. The van der Waals surface area contributed by atoms with Crippen LogP contribution in [0.4, 0.5) is 11.4 Å². The maximum Gasteiger partial charge on any atom is 0.0502 e. The van der Waals surface area contributed by atoms with Gasteiger partial charge in [0.15, 0.2) is 0 Å². The molecule has 4 heteroatoms. The second kappa shape index (κ2) is 7.60. The van der Waals surface area contributed by atoms with Gasteiger partial charge in [-0.3, -0.25) is 0 Å². The highest BCUT2D eigenvalue weighted by molar-refractivity contribution is 7.75. The van der Waals surface area contributed by atoms with E-state index < -0.39 is 7.26 Å². The first kappa shape index (κ1) is 20.1. The van der Waals surface area contributed by atoms with Crippen LogP contribution in [0.5, 0.6) is 0 Å². The van der Waals surface area contributed by atoms with E-state index in [4.69, 9.17) is 12.6 Å². The van der Waals surface area contributed by atoms with E-state index >= 15 is 0 Å². The van der Waals surface area contributed by atoms with Gasteiger partial charge in [0.05, 0.1) is 6.16 Å². The van der Waals surface area contributed by atoms with E-state index in [0.29, 0.717) is 0 Å². The number of anilines is 2. The summed E-state index contributed by atoms with van der Waals surface area (Å²) in [6.07, 6.45) is 1.03. The molecule has 0 amide bonds. The van der Waals surface area contributed by atoms with E-state index in [9.17, 15) is 0 Å². The van der Waals surface area contributed by atoms with Gasteiger partial charge >= 0.3 is 0 Å². The van der Waals surface area contributed by atoms with Crippen LogP contribution < -0.4 is 9.80 Å². The highest BCUT2D eigenvalue weighted by Crippen LogP contribution is 2.53. The lowest BCUT2D eigenvalue weighted by Gasteiger charge is -2.44. The molecule has 0 saturated heterocycles. The molecule has 0 bridgehead atoms. The van der Waals surface area contributed by atoms with E-state index in [1.807, 2.05) is 0 Å². The molecule has 0 aliphatic heterocycles. The number of hydrogen-bond acceptors (Lipinski definition) is 3. The molecule has 0 aromatic heterocycles. The van der Waals surface area contributed by atoms with Gasteiger partial charge in [0, 0.05) is 66.8 Å². The number of nitrogens with zero attached hydrogens (tertiary/aromatic N) is 2. The Kier molecular flexibility index (Phi) is 6.12. The van der Waals surface area contributed by atoms with E-state index in [0.717, 1.165) is 6.16 Å². The zero-order valence-corrected chi connectivity index (χ0v) is 18.3. The summed E-state index contributed by atoms with van der Waals surface area (Å²) in [6, 6.07) is 17.5. The Labute approximate surface area is 160 Å². The third-order valence-electron chi connectivity index (χ3n) is 4.40. The Morgan fingerprint density at radius 1 is 0.720 bits per heavy atom. The first-order valence-electron chi connectivity index (χ1n) is 8.59. The Bertz CT molecular complexity index is 634. The van der Waals surface area contributed by atoms with Crippen molar-refractivity contribution in [3.05, 3.63) is 59.7 Å². The molecule has 2 rings (SSSR count). The number of rotatable bonds is 6. The summed E-state index contributed by atoms with van der Waals surface area (Å²) in [7, 11) is 7.21. The maximum absolute atomic E-state index is 6.30. The summed E-state index contributed by atoms with van der Waals surface area (Å²) < 4.78 is -0.373. The molecule has 25 heavy (non-hydrogen) atoms. The van der Waals surface area contributed by atoms with Crippen LogP contribution in [0.3, 0.4) is 0 Å². The summed E-state index contributed by atoms with van der Waals surface area (Å²) in [5.41, 5.74) is 4.85. The van der Waals surface area contributed by atoms with Crippen molar-refractivity contribution in [2.75, 3.05) is 64.1 Å². The zero-order chi connectivity index (χ0) is 18.8. The Hall–Kier alpha value is -1.18. The Morgan fingerprint density at radius 3 is 1.28 bits per heavy atom. The fraction of sp³-hybridized carbons (Fsp3) is 0.429. The molecule has 0 N–H and O–H groups in total. The Balaban J connectivity index is 2.49. The highest BCUT2D eigenvalue weighted by atomic mass is 32.1. The molecule has 0 heterocycles. The number of hydrogen-bond donors (Lipinski definition) is 0. The minimum absolute atomic E-state index is 0.373. The number of benzene rings is 2. The van der Waals surface area contributed by atoms with Crippen LogP contribution in [0.25, 0.3) is 0 Å². The smallest absolute Gasteiger partial charge is 0.0502 e. The van der Waals surface area contributed by atoms with E-state index in [-0.39, 0.29) is 4.75 Å². The lowest BCUT2D eigenvalue weighted by atomic mass is 9.91. The van der Waals surface area contributed by atoms with Crippen LogP contribution in [0, 0.1) is 0 Å². The zero-order valence-electron chi connectivity index (χ0n) is 16.6. The maximum atomic E-state index is 6.30. The van der Waals surface area contributed by atoms with Crippen LogP contribution in [0.15, 0.2) is 48.5 Å². The molecule has 0 spiro atoms. The van der Waals surface area contributed by atoms with Crippen molar-refractivity contribution in [3.8, 4) is 0 Å². The van der Waals surface area contributed by atoms with Crippen molar-refractivity contribution >= 4 is 31.3 Å². The second-order valence-corrected chi connectivity index (χ2v) is 13.8. The van der Waals surface area contributed by atoms with Crippen LogP contribution in [0.1, 0.15) is 11.1 Å². The van der Waals surface area contributed by atoms with Crippen molar-refractivity contribution < 1.29 is 0 Å². The van der Waals surface area contributed by atoms with Gasteiger partial charge < -0.3 is 22.4 Å². The van der Waals surface area contributed by atoms with Crippen molar-refractivity contribution in [2.24, 2.45) is 0 Å². The summed E-state index contributed by atoms with van der Waals surface area (Å²) >= 11 is 6.30. The SMILES string of the molecule is CN(C)c1ccc(C([S-])(C[P+](C)(C)C)c2ccc(N(C)C)cc2)cc1. The summed E-state index contributed by atoms with van der Waals surface area (Å²) in [6.45, 7) is 7.11. The summed E-state index contributed by atoms with van der Waals surface area (Å²) in [5.74, 6) is 0. The minimum atomic E-state index is -1.06. The largest absolute Gasteiger partial charge is 0.773 e. The fourth-order valence-corrected chi connectivity index (χ4v) is 6.21. The molecule has 0 aliphatic carbocycles. The fourth-order valence-electron chi connectivity index (χ4n) is 3.07. The average Bonchev–Trinajstić information content (AvgIpc) is 2.53. The van der Waals surface area contributed by atoms with E-state index in [1.54, 1.807) is 0 Å². The molecule has 2 aromatic rings. The van der Waals surface area contributed by atoms with Crippen molar-refractivity contribution in [3.63, 3.8) is 0 Å². The standard InChI is InChI=1S/C21H31N2PS/c1-22(2)19-12-8-17(9-13-19)21(25,16-24(5,6)7)18-10-14-20(15-11-18)23(3)4/h8-15H,16H2,1-7H3. The Morgan fingerprint density at radius 2 is 1.04 bits per heavy atom. The molecule has 2 aromatic carbocycles. The third-order valence-corrected chi connectivity index (χ3v) is 6.65. The lowest BCUT2D eigenvalue weighted by molar-refractivity contribution is 0.849. The molecule has 0 saturated carbocycles. The molecule has 0 atom stereocenters. The molecule has 2 nitrogen and oxygen atoms in total. The van der Waals surface area contributed by atoms with Crippen LogP contribution in [-0.2, 0) is 17.4 Å². The molecule has 136 valence electrons. The predicted molar refractivity (Wildman–Crippen MR) is 119 cm³/mol. The van der Waals surface area contributed by atoms with Gasteiger partial charge in [0.1, 0.15) is 0 Å². The summed E-state index contributed by atoms with van der Waals surface area (Å²) in [4.78, 5) is 4.24. The van der Waals surface area contributed by atoms with Gasteiger partial charge in [-0.1, -0.05) is 40.1 Å². The average molecular weight is 375 g/mol. The van der Waals surface area contributed by atoms with Crippen LogP contribution >= 0.6 is 7.26 Å². The predicted octanol–water partition coefficient (Wildman–Crippen LogP) is 4.52. The topological polar surface area (TPSA) is 6.48 Å². The van der Waals surface area contributed by atoms with Crippen LogP contribution in [0.2, 0.25) is 0 Å². The quantitative estimate of drug-likeness (QED) is 0.542. The molecule has 0 radical (unpaired) electrons. The van der Waals surface area contributed by atoms with Gasteiger partial charge in [-0.2, -0.15) is 0 Å². The molecule has 0 unspecified atom stereocenters. The molecule has 0 fully saturated rings. The van der Waals surface area contributed by atoms with Gasteiger partial charge in [-0.15, -0.1) is 0 Å². The molecular formula is C21H31N2PS. The van der Waals surface area contributed by atoms with E-state index in [1.165, 1.54) is 22.5 Å². The van der Waals surface area contributed by atoms with Crippen molar-refractivity contribution in [1.29, 1.82) is 0 Å². The van der Waals surface area contributed by atoms with E-state index in [2.05, 4.69) is 107 Å².